The number of nitrogens with zero attached hydrogens (tertiary/aromatic N) is 3. The molecule has 6 rings (SSSR count). The summed E-state index contributed by atoms with van der Waals surface area (Å²) in [5.74, 6) is 0.259. The van der Waals surface area contributed by atoms with Crippen molar-refractivity contribution in [3.05, 3.63) is 135 Å². The van der Waals surface area contributed by atoms with Crippen molar-refractivity contribution in [1.29, 1.82) is 0 Å². The summed E-state index contributed by atoms with van der Waals surface area (Å²) in [4.78, 5) is 18.4. The molecule has 2 aliphatic heterocycles. The summed E-state index contributed by atoms with van der Waals surface area (Å²) in [6.45, 7) is 0.350. The molecule has 4 aromatic rings. The normalized spacial score (nSPS) is 16.0. The minimum Gasteiger partial charge on any atom is -0.488 e. The van der Waals surface area contributed by atoms with Crippen LogP contribution in [0.5, 0.6) is 5.75 Å². The van der Waals surface area contributed by atoms with E-state index in [-0.39, 0.29) is 11.7 Å². The minimum absolute atomic E-state index is 0.302. The van der Waals surface area contributed by atoms with Gasteiger partial charge >= 0.3 is 0 Å². The van der Waals surface area contributed by atoms with Gasteiger partial charge in [-0.1, -0.05) is 90.1 Å². The second kappa shape index (κ2) is 10.9. The number of benzene rings is 4. The van der Waals surface area contributed by atoms with Crippen LogP contribution in [0.1, 0.15) is 22.9 Å². The van der Waals surface area contributed by atoms with Crippen molar-refractivity contribution in [2.75, 3.05) is 0 Å². The van der Waals surface area contributed by atoms with Crippen molar-refractivity contribution in [3.8, 4) is 5.75 Å². The van der Waals surface area contributed by atoms with Gasteiger partial charge in [0.25, 0.3) is 5.91 Å². The lowest BCUT2D eigenvalue weighted by atomic mass is 10.1. The highest BCUT2D eigenvalue weighted by Gasteiger charge is 2.36. The molecular weight excluding hydrogens is 535 g/mol. The van der Waals surface area contributed by atoms with Crippen LogP contribution in [-0.2, 0) is 17.2 Å². The number of hydrazone groups is 1. The number of nitrogens with one attached hydrogen (secondary N) is 1. The molecule has 0 saturated carbocycles. The predicted molar refractivity (Wildman–Crippen MR) is 151 cm³/mol. The molecule has 0 fully saturated rings. The average Bonchev–Trinajstić information content (AvgIpc) is 2.96. The van der Waals surface area contributed by atoms with Gasteiger partial charge in [-0.25, -0.2) is 9.40 Å². The van der Waals surface area contributed by atoms with Crippen LogP contribution in [0.4, 0.5) is 4.39 Å². The maximum Gasteiger partial charge on any atom is 0.276 e. The number of amides is 1. The Labute approximate surface area is 233 Å². The number of para-hydroxylation sites is 1. The SMILES string of the molecule is O=C1NC(SCc2ccccc2F)=NN2C1=c1ccccc1=NC2c1cc(Cl)ccc1OCc1ccccc1. The summed E-state index contributed by atoms with van der Waals surface area (Å²) in [5.41, 5.74) is 2.57. The minimum atomic E-state index is -0.713. The van der Waals surface area contributed by atoms with Gasteiger partial charge < -0.3 is 4.74 Å². The summed E-state index contributed by atoms with van der Waals surface area (Å²) in [6, 6.07) is 29.2. The molecule has 194 valence electrons. The fourth-order valence-corrected chi connectivity index (χ4v) is 5.46. The smallest absolute Gasteiger partial charge is 0.276 e. The van der Waals surface area contributed by atoms with Gasteiger partial charge in [-0.15, -0.1) is 5.10 Å². The average molecular weight is 557 g/mol. The zero-order valence-electron chi connectivity index (χ0n) is 20.6. The molecule has 4 aromatic carbocycles. The summed E-state index contributed by atoms with van der Waals surface area (Å²) in [6.07, 6.45) is -0.713. The molecule has 6 nitrogen and oxygen atoms in total. The van der Waals surface area contributed by atoms with Gasteiger partial charge in [0.1, 0.15) is 23.9 Å². The molecule has 0 spiro atoms. The topological polar surface area (TPSA) is 66.3 Å². The van der Waals surface area contributed by atoms with Crippen LogP contribution in [0.3, 0.4) is 0 Å². The van der Waals surface area contributed by atoms with Gasteiger partial charge in [-0.2, -0.15) is 0 Å². The van der Waals surface area contributed by atoms with E-state index in [2.05, 4.69) is 5.32 Å². The van der Waals surface area contributed by atoms with E-state index in [0.717, 1.165) is 5.56 Å². The lowest BCUT2D eigenvalue weighted by Gasteiger charge is -2.34. The maximum atomic E-state index is 14.2. The molecule has 0 radical (unpaired) electrons. The van der Waals surface area contributed by atoms with Crippen LogP contribution in [0, 0.1) is 5.82 Å². The van der Waals surface area contributed by atoms with E-state index in [1.165, 1.54) is 17.8 Å². The number of hydrogen-bond acceptors (Lipinski definition) is 6. The third-order valence-electron chi connectivity index (χ3n) is 6.32. The molecule has 2 aliphatic rings. The molecule has 1 N–H and O–H groups in total. The maximum absolute atomic E-state index is 14.2. The number of halogens is 2. The number of carbonyl (C=O) groups excluding carboxylic acids is 1. The van der Waals surface area contributed by atoms with E-state index < -0.39 is 6.17 Å². The highest BCUT2D eigenvalue weighted by molar-refractivity contribution is 8.13. The van der Waals surface area contributed by atoms with Crippen molar-refractivity contribution in [2.24, 2.45) is 10.1 Å². The van der Waals surface area contributed by atoms with E-state index in [1.807, 2.05) is 54.6 Å². The van der Waals surface area contributed by atoms with Gasteiger partial charge in [0.15, 0.2) is 11.3 Å². The lowest BCUT2D eigenvalue weighted by molar-refractivity contribution is -0.116. The lowest BCUT2D eigenvalue weighted by Crippen LogP contribution is -2.50. The van der Waals surface area contributed by atoms with Gasteiger partial charge in [0.05, 0.1) is 5.36 Å². The number of fused-ring (bicyclic) bond motifs is 2. The van der Waals surface area contributed by atoms with Crippen LogP contribution < -0.4 is 20.6 Å². The van der Waals surface area contributed by atoms with E-state index in [0.29, 0.717) is 55.7 Å². The Balaban J connectivity index is 1.40. The van der Waals surface area contributed by atoms with Crippen LogP contribution in [-0.4, -0.2) is 16.1 Å². The third-order valence-corrected chi connectivity index (χ3v) is 7.47. The van der Waals surface area contributed by atoms with E-state index in [1.54, 1.807) is 41.4 Å². The van der Waals surface area contributed by atoms with Crippen LogP contribution in [0.15, 0.2) is 107 Å². The first kappa shape index (κ1) is 25.2. The highest BCUT2D eigenvalue weighted by atomic mass is 35.5. The van der Waals surface area contributed by atoms with Gasteiger partial charge in [0, 0.05) is 21.6 Å². The van der Waals surface area contributed by atoms with Crippen molar-refractivity contribution >= 4 is 40.1 Å². The molecule has 0 bridgehead atoms. The van der Waals surface area contributed by atoms with Crippen molar-refractivity contribution in [2.45, 2.75) is 18.5 Å². The Kier molecular flexibility index (Phi) is 7.04. The van der Waals surface area contributed by atoms with Gasteiger partial charge in [-0.05, 0) is 41.5 Å². The molecule has 39 heavy (non-hydrogen) atoms. The molecule has 1 amide bonds. The van der Waals surface area contributed by atoms with E-state index in [9.17, 15) is 9.18 Å². The first-order valence-electron chi connectivity index (χ1n) is 12.3. The van der Waals surface area contributed by atoms with Gasteiger partial charge in [-0.3, -0.25) is 15.1 Å². The summed E-state index contributed by atoms with van der Waals surface area (Å²) in [7, 11) is 0. The van der Waals surface area contributed by atoms with E-state index in [4.69, 9.17) is 26.4 Å². The number of thioether (sulfide) groups is 1. The van der Waals surface area contributed by atoms with Gasteiger partial charge in [0.2, 0.25) is 0 Å². The first-order valence-corrected chi connectivity index (χ1v) is 13.6. The standard InChI is InChI=1S/C30H22ClFN4O2S/c31-21-14-15-26(38-17-19-8-2-1-3-9-19)23(16-21)28-33-25-13-7-5-11-22(25)27-29(37)34-30(35-36(27)28)39-18-20-10-4-6-12-24(20)32/h1-16,28H,17-18H2,(H,34,35,37). The number of rotatable bonds is 6. The fourth-order valence-electron chi connectivity index (χ4n) is 4.44. The summed E-state index contributed by atoms with van der Waals surface area (Å²) < 4.78 is 20.4. The van der Waals surface area contributed by atoms with Crippen molar-refractivity contribution in [3.63, 3.8) is 0 Å². The van der Waals surface area contributed by atoms with E-state index >= 15 is 0 Å². The first-order chi connectivity index (χ1) is 19.1. The fraction of sp³-hybridized carbons (Fsp3) is 0.100. The molecule has 1 atom stereocenters. The Morgan fingerprint density at radius 1 is 0.974 bits per heavy atom. The van der Waals surface area contributed by atoms with Crippen LogP contribution >= 0.6 is 23.4 Å². The molecule has 1 unspecified atom stereocenters. The molecule has 9 heteroatoms. The zero-order chi connectivity index (χ0) is 26.8. The van der Waals surface area contributed by atoms with Crippen molar-refractivity contribution in [1.82, 2.24) is 10.3 Å². The second-order valence-corrected chi connectivity index (χ2v) is 10.3. The zero-order valence-corrected chi connectivity index (χ0v) is 22.1. The molecule has 0 aliphatic carbocycles. The largest absolute Gasteiger partial charge is 0.488 e. The quantitative estimate of drug-likeness (QED) is 0.357. The monoisotopic (exact) mass is 556 g/mol. The summed E-state index contributed by atoms with van der Waals surface area (Å²) >= 11 is 7.68. The Bertz CT molecular complexity index is 1710. The molecular formula is C30H22ClFN4O2S. The number of amidine groups is 1. The third kappa shape index (κ3) is 5.26. The molecule has 2 heterocycles. The highest BCUT2D eigenvalue weighted by Crippen LogP contribution is 2.37. The summed E-state index contributed by atoms with van der Waals surface area (Å²) in [5, 5.41) is 11.4. The molecule has 0 aromatic heterocycles. The Morgan fingerprint density at radius 3 is 2.59 bits per heavy atom. The Morgan fingerprint density at radius 2 is 1.74 bits per heavy atom. The Hall–Kier alpha value is -4.14. The number of hydrogen-bond donors (Lipinski definition) is 1. The number of ether oxygens (including phenoxy) is 1. The van der Waals surface area contributed by atoms with Crippen molar-refractivity contribution < 1.29 is 13.9 Å². The number of carbonyl (C=O) groups is 1. The van der Waals surface area contributed by atoms with Crippen LogP contribution in [0.2, 0.25) is 5.02 Å². The predicted octanol–water partition coefficient (Wildman–Crippen LogP) is 5.13. The molecule has 0 saturated heterocycles. The van der Waals surface area contributed by atoms with Crippen LogP contribution in [0.25, 0.3) is 5.70 Å². The second-order valence-electron chi connectivity index (χ2n) is 8.91.